The van der Waals surface area contributed by atoms with E-state index in [1.165, 1.54) is 37.7 Å². The largest absolute Gasteiger partial charge is 0.317 e. The fraction of sp³-hybridized carbons (Fsp3) is 0.571. The molecule has 1 aromatic carbocycles. The van der Waals surface area contributed by atoms with Gasteiger partial charge in [-0.05, 0) is 31.9 Å². The van der Waals surface area contributed by atoms with Crippen molar-refractivity contribution in [3.05, 3.63) is 47.8 Å². The van der Waals surface area contributed by atoms with E-state index in [2.05, 4.69) is 29.1 Å². The fourth-order valence-corrected chi connectivity index (χ4v) is 4.94. The van der Waals surface area contributed by atoms with Crippen LogP contribution >= 0.6 is 0 Å². The quantitative estimate of drug-likeness (QED) is 0.691. The minimum atomic E-state index is -3.34. The van der Waals surface area contributed by atoms with Gasteiger partial charge in [-0.3, -0.25) is 4.90 Å². The van der Waals surface area contributed by atoms with Crippen LogP contribution in [0.5, 0.6) is 0 Å². The Morgan fingerprint density at radius 1 is 1.15 bits per heavy atom. The third-order valence-electron chi connectivity index (χ3n) is 5.64. The number of sulfone groups is 1. The Morgan fingerprint density at radius 2 is 1.85 bits per heavy atom. The van der Waals surface area contributed by atoms with Crippen LogP contribution in [-0.4, -0.2) is 41.7 Å². The third kappa shape index (κ3) is 4.99. The Kier molecular flexibility index (Phi) is 6.71. The van der Waals surface area contributed by atoms with E-state index in [0.717, 1.165) is 18.7 Å². The van der Waals surface area contributed by atoms with Crippen molar-refractivity contribution in [1.29, 1.82) is 0 Å². The van der Waals surface area contributed by atoms with E-state index in [9.17, 15) is 8.42 Å². The molecule has 148 valence electrons. The van der Waals surface area contributed by atoms with Gasteiger partial charge in [0.15, 0.2) is 0 Å². The standard InChI is InChI=1S/C21H31N3O2S/c1-3-27(25,26)21-22-16-20(17-23(2)19-12-8-5-9-13-19)24(21)15-14-18-10-6-4-7-11-18/h4,6-7,10-11,16,19H,3,5,8-9,12-15,17H2,1-2H3. The van der Waals surface area contributed by atoms with Gasteiger partial charge in [0.25, 0.3) is 0 Å². The van der Waals surface area contributed by atoms with Crippen molar-refractivity contribution in [1.82, 2.24) is 14.5 Å². The van der Waals surface area contributed by atoms with Crippen molar-refractivity contribution in [2.75, 3.05) is 12.8 Å². The molecule has 6 heteroatoms. The minimum Gasteiger partial charge on any atom is -0.317 e. The van der Waals surface area contributed by atoms with E-state index < -0.39 is 9.84 Å². The van der Waals surface area contributed by atoms with E-state index in [4.69, 9.17) is 0 Å². The Labute approximate surface area is 163 Å². The highest BCUT2D eigenvalue weighted by Gasteiger charge is 2.24. The van der Waals surface area contributed by atoms with Crippen molar-refractivity contribution in [3.8, 4) is 0 Å². The van der Waals surface area contributed by atoms with Crippen molar-refractivity contribution in [2.24, 2.45) is 0 Å². The smallest absolute Gasteiger partial charge is 0.227 e. The van der Waals surface area contributed by atoms with E-state index in [1.807, 2.05) is 22.8 Å². The normalized spacial score (nSPS) is 16.1. The summed E-state index contributed by atoms with van der Waals surface area (Å²) < 4.78 is 27.0. The predicted octanol–water partition coefficient (Wildman–Crippen LogP) is 3.68. The minimum absolute atomic E-state index is 0.0766. The second kappa shape index (κ2) is 9.02. The first kappa shape index (κ1) is 20.1. The summed E-state index contributed by atoms with van der Waals surface area (Å²) in [6.07, 6.45) is 8.92. The molecule has 0 radical (unpaired) electrons. The first-order valence-electron chi connectivity index (χ1n) is 10.0. The summed E-state index contributed by atoms with van der Waals surface area (Å²) in [7, 11) is -1.19. The summed E-state index contributed by atoms with van der Waals surface area (Å²) in [5.41, 5.74) is 2.20. The first-order chi connectivity index (χ1) is 13.0. The van der Waals surface area contributed by atoms with E-state index in [0.29, 0.717) is 12.6 Å². The molecule has 27 heavy (non-hydrogen) atoms. The second-order valence-corrected chi connectivity index (χ2v) is 9.70. The molecule has 0 N–H and O–H groups in total. The average Bonchev–Trinajstić information content (AvgIpc) is 3.11. The van der Waals surface area contributed by atoms with Gasteiger partial charge in [0.2, 0.25) is 15.0 Å². The molecule has 0 spiro atoms. The molecule has 1 heterocycles. The van der Waals surface area contributed by atoms with Gasteiger partial charge in [-0.1, -0.05) is 56.5 Å². The number of aryl methyl sites for hydroxylation is 1. The number of aromatic nitrogens is 2. The summed E-state index contributed by atoms with van der Waals surface area (Å²) in [4.78, 5) is 6.69. The Morgan fingerprint density at radius 3 is 2.52 bits per heavy atom. The van der Waals surface area contributed by atoms with Gasteiger partial charge in [0, 0.05) is 19.1 Å². The van der Waals surface area contributed by atoms with E-state index in [1.54, 1.807) is 13.1 Å². The van der Waals surface area contributed by atoms with Crippen LogP contribution in [-0.2, 0) is 29.3 Å². The van der Waals surface area contributed by atoms with Gasteiger partial charge < -0.3 is 4.57 Å². The van der Waals surface area contributed by atoms with Crippen LogP contribution in [0.25, 0.3) is 0 Å². The molecule has 1 aliphatic rings. The average molecular weight is 390 g/mol. The number of hydrogen-bond donors (Lipinski definition) is 0. The van der Waals surface area contributed by atoms with Gasteiger partial charge in [0.05, 0.1) is 17.6 Å². The lowest BCUT2D eigenvalue weighted by atomic mass is 9.94. The van der Waals surface area contributed by atoms with Crippen molar-refractivity contribution < 1.29 is 8.42 Å². The highest BCUT2D eigenvalue weighted by molar-refractivity contribution is 7.91. The number of hydrogen-bond acceptors (Lipinski definition) is 4. The van der Waals surface area contributed by atoms with Gasteiger partial charge in [0.1, 0.15) is 0 Å². The molecule has 1 aromatic heterocycles. The maximum atomic E-state index is 12.5. The first-order valence-corrected chi connectivity index (χ1v) is 11.7. The van der Waals surface area contributed by atoms with Crippen LogP contribution in [0.3, 0.4) is 0 Å². The molecule has 0 unspecified atom stereocenters. The van der Waals surface area contributed by atoms with Crippen LogP contribution in [0.2, 0.25) is 0 Å². The number of imidazole rings is 1. The van der Waals surface area contributed by atoms with Gasteiger partial charge >= 0.3 is 0 Å². The topological polar surface area (TPSA) is 55.2 Å². The molecule has 0 bridgehead atoms. The predicted molar refractivity (Wildman–Crippen MR) is 108 cm³/mol. The zero-order chi connectivity index (χ0) is 19.3. The van der Waals surface area contributed by atoms with Crippen LogP contribution in [0.15, 0.2) is 41.7 Å². The van der Waals surface area contributed by atoms with Crippen LogP contribution in [0, 0.1) is 0 Å². The molecule has 0 amide bonds. The summed E-state index contributed by atoms with van der Waals surface area (Å²) in [6, 6.07) is 10.8. The maximum absolute atomic E-state index is 12.5. The van der Waals surface area contributed by atoms with Crippen LogP contribution in [0.1, 0.15) is 50.3 Å². The molecule has 0 atom stereocenters. The summed E-state index contributed by atoms with van der Waals surface area (Å²) in [5, 5.41) is 0.216. The van der Waals surface area contributed by atoms with Crippen molar-refractivity contribution in [3.63, 3.8) is 0 Å². The summed E-state index contributed by atoms with van der Waals surface area (Å²) in [6.45, 7) is 3.05. The molecule has 3 rings (SSSR count). The Balaban J connectivity index is 1.82. The lowest BCUT2D eigenvalue weighted by molar-refractivity contribution is 0.180. The Bertz CT molecular complexity index is 824. The fourth-order valence-electron chi connectivity index (χ4n) is 3.93. The monoisotopic (exact) mass is 389 g/mol. The number of benzene rings is 1. The highest BCUT2D eigenvalue weighted by atomic mass is 32.2. The molecule has 1 aliphatic carbocycles. The van der Waals surface area contributed by atoms with Crippen LogP contribution in [0.4, 0.5) is 0 Å². The molecule has 2 aromatic rings. The van der Waals surface area contributed by atoms with Gasteiger partial charge in [-0.25, -0.2) is 13.4 Å². The maximum Gasteiger partial charge on any atom is 0.227 e. The lowest BCUT2D eigenvalue weighted by Gasteiger charge is -2.31. The highest BCUT2D eigenvalue weighted by Crippen LogP contribution is 2.24. The lowest BCUT2D eigenvalue weighted by Crippen LogP contribution is -2.33. The van der Waals surface area contributed by atoms with E-state index >= 15 is 0 Å². The molecule has 5 nitrogen and oxygen atoms in total. The zero-order valence-corrected chi connectivity index (χ0v) is 17.3. The molecule has 0 saturated heterocycles. The number of nitrogens with zero attached hydrogens (tertiary/aromatic N) is 3. The zero-order valence-electron chi connectivity index (χ0n) is 16.5. The third-order valence-corrected chi connectivity index (χ3v) is 7.28. The molecular formula is C21H31N3O2S. The Hall–Kier alpha value is -1.66. The molecule has 1 saturated carbocycles. The molecule has 1 fully saturated rings. The SMILES string of the molecule is CCS(=O)(=O)c1ncc(CN(C)C2CCCCC2)n1CCc1ccccc1. The molecular weight excluding hydrogens is 358 g/mol. The summed E-state index contributed by atoms with van der Waals surface area (Å²) >= 11 is 0. The van der Waals surface area contributed by atoms with Gasteiger partial charge in [-0.15, -0.1) is 0 Å². The van der Waals surface area contributed by atoms with Crippen LogP contribution < -0.4 is 0 Å². The van der Waals surface area contributed by atoms with E-state index in [-0.39, 0.29) is 10.9 Å². The number of rotatable bonds is 8. The van der Waals surface area contributed by atoms with Gasteiger partial charge in [-0.2, -0.15) is 0 Å². The van der Waals surface area contributed by atoms with Crippen molar-refractivity contribution >= 4 is 9.84 Å². The molecule has 0 aliphatic heterocycles. The van der Waals surface area contributed by atoms with Crippen molar-refractivity contribution in [2.45, 2.75) is 69.7 Å². The second-order valence-electron chi connectivity index (χ2n) is 7.53. The summed E-state index contributed by atoms with van der Waals surface area (Å²) in [5.74, 6) is 0.0766.